The molecule has 0 saturated carbocycles. The third kappa shape index (κ3) is 2.74. The number of thiazole rings is 1. The molecule has 0 aliphatic rings. The van der Waals surface area contributed by atoms with E-state index in [1.165, 1.54) is 35.6 Å². The van der Waals surface area contributed by atoms with E-state index in [1.807, 2.05) is 0 Å². The first-order chi connectivity index (χ1) is 8.49. The quantitative estimate of drug-likeness (QED) is 0.925. The first-order valence-electron chi connectivity index (χ1n) is 4.92. The number of nitrogens with zero attached hydrogens (tertiary/aromatic N) is 1. The normalized spacial score (nSPS) is 11.3. The highest BCUT2D eigenvalue weighted by atomic mass is 32.2. The van der Waals surface area contributed by atoms with Crippen molar-refractivity contribution in [2.75, 3.05) is 0 Å². The van der Waals surface area contributed by atoms with Crippen molar-refractivity contribution in [1.82, 2.24) is 4.98 Å². The molecular weight excluding hydrogens is 274 g/mol. The second kappa shape index (κ2) is 4.87. The molecule has 0 spiro atoms. The largest absolute Gasteiger partial charge is 0.478 e. The van der Waals surface area contributed by atoms with Gasteiger partial charge in [0.05, 0.1) is 27.4 Å². The van der Waals surface area contributed by atoms with Crippen molar-refractivity contribution >= 4 is 27.1 Å². The predicted octanol–water partition coefficient (Wildman–Crippen LogP) is 1.82. The predicted molar refractivity (Wildman–Crippen MR) is 66.4 cm³/mol. The number of rotatable bonds is 4. The number of benzene rings is 1. The van der Waals surface area contributed by atoms with Crippen molar-refractivity contribution < 1.29 is 18.3 Å². The van der Waals surface area contributed by atoms with Crippen LogP contribution in [-0.2, 0) is 15.6 Å². The first-order valence-corrected chi connectivity index (χ1v) is 7.52. The Labute approximate surface area is 108 Å². The van der Waals surface area contributed by atoms with Crippen LogP contribution in [0.25, 0.3) is 0 Å². The fraction of sp³-hybridized carbons (Fsp3) is 0.0909. The Balaban J connectivity index is 2.27. The average molecular weight is 283 g/mol. The molecular formula is C11H9NO4S2. The number of hydrogen-bond donors (Lipinski definition) is 1. The Kier molecular flexibility index (Phi) is 3.44. The Morgan fingerprint density at radius 2 is 1.94 bits per heavy atom. The lowest BCUT2D eigenvalue weighted by atomic mass is 10.2. The smallest absolute Gasteiger partial charge is 0.335 e. The molecule has 7 heteroatoms. The molecule has 0 amide bonds. The van der Waals surface area contributed by atoms with Gasteiger partial charge in [0.1, 0.15) is 0 Å². The molecule has 0 fully saturated rings. The maximum absolute atomic E-state index is 12.0. The SMILES string of the molecule is O=C(O)c1ccc(S(=O)(=O)Cc2cscn2)cc1. The van der Waals surface area contributed by atoms with E-state index in [0.717, 1.165) is 0 Å². The molecule has 0 aliphatic heterocycles. The minimum absolute atomic E-state index is 0.0580. The number of carboxylic acid groups (broad SMARTS) is 1. The van der Waals surface area contributed by atoms with Crippen LogP contribution in [0.1, 0.15) is 16.1 Å². The van der Waals surface area contributed by atoms with Gasteiger partial charge in [-0.3, -0.25) is 0 Å². The minimum atomic E-state index is -3.47. The van der Waals surface area contributed by atoms with Gasteiger partial charge < -0.3 is 5.11 Å². The fourth-order valence-electron chi connectivity index (χ4n) is 1.39. The molecule has 1 N–H and O–H groups in total. The van der Waals surface area contributed by atoms with Crippen molar-refractivity contribution in [3.8, 4) is 0 Å². The molecule has 2 rings (SSSR count). The molecule has 0 bridgehead atoms. The van der Waals surface area contributed by atoms with E-state index in [9.17, 15) is 13.2 Å². The lowest BCUT2D eigenvalue weighted by molar-refractivity contribution is 0.0697. The maximum Gasteiger partial charge on any atom is 0.335 e. The number of carboxylic acids is 1. The summed E-state index contributed by atoms with van der Waals surface area (Å²) in [5.74, 6) is -1.26. The van der Waals surface area contributed by atoms with Crippen LogP contribution in [0, 0.1) is 0 Å². The molecule has 0 aliphatic carbocycles. The standard InChI is InChI=1S/C11H9NO4S2/c13-11(14)8-1-3-10(4-2-8)18(15,16)6-9-5-17-7-12-9/h1-5,7H,6H2,(H,13,14). The average Bonchev–Trinajstić information content (AvgIpc) is 2.81. The van der Waals surface area contributed by atoms with Crippen LogP contribution < -0.4 is 0 Å². The maximum atomic E-state index is 12.0. The van der Waals surface area contributed by atoms with Gasteiger partial charge in [0, 0.05) is 5.38 Å². The van der Waals surface area contributed by atoms with Gasteiger partial charge >= 0.3 is 5.97 Å². The van der Waals surface area contributed by atoms with E-state index in [4.69, 9.17) is 5.11 Å². The van der Waals surface area contributed by atoms with Gasteiger partial charge in [-0.15, -0.1) is 11.3 Å². The highest BCUT2D eigenvalue weighted by Gasteiger charge is 2.17. The van der Waals surface area contributed by atoms with Crippen molar-refractivity contribution in [2.24, 2.45) is 0 Å². The fourth-order valence-corrected chi connectivity index (χ4v) is 3.32. The van der Waals surface area contributed by atoms with E-state index in [0.29, 0.717) is 5.69 Å². The van der Waals surface area contributed by atoms with Gasteiger partial charge in [0.25, 0.3) is 0 Å². The van der Waals surface area contributed by atoms with Crippen LogP contribution in [-0.4, -0.2) is 24.5 Å². The molecule has 5 nitrogen and oxygen atoms in total. The van der Waals surface area contributed by atoms with Gasteiger partial charge in [0.15, 0.2) is 9.84 Å². The topological polar surface area (TPSA) is 84.3 Å². The van der Waals surface area contributed by atoms with E-state index >= 15 is 0 Å². The molecule has 0 saturated heterocycles. The lowest BCUT2D eigenvalue weighted by Crippen LogP contribution is -2.06. The lowest BCUT2D eigenvalue weighted by Gasteiger charge is -2.03. The number of aromatic nitrogens is 1. The highest BCUT2D eigenvalue weighted by Crippen LogP contribution is 2.17. The van der Waals surface area contributed by atoms with Crippen LogP contribution in [0.3, 0.4) is 0 Å². The van der Waals surface area contributed by atoms with Crippen LogP contribution in [0.4, 0.5) is 0 Å². The minimum Gasteiger partial charge on any atom is -0.478 e. The number of sulfone groups is 1. The summed E-state index contributed by atoms with van der Waals surface area (Å²) < 4.78 is 24.0. The molecule has 1 aromatic heterocycles. The van der Waals surface area contributed by atoms with E-state index in [1.54, 1.807) is 10.9 Å². The summed E-state index contributed by atoms with van der Waals surface area (Å²) in [6.07, 6.45) is 0. The second-order valence-electron chi connectivity index (χ2n) is 3.57. The van der Waals surface area contributed by atoms with E-state index < -0.39 is 15.8 Å². The van der Waals surface area contributed by atoms with Crippen LogP contribution >= 0.6 is 11.3 Å². The number of carbonyl (C=O) groups is 1. The van der Waals surface area contributed by atoms with Crippen LogP contribution in [0.5, 0.6) is 0 Å². The van der Waals surface area contributed by atoms with Crippen molar-refractivity contribution in [1.29, 1.82) is 0 Å². The Morgan fingerprint density at radius 3 is 2.44 bits per heavy atom. The zero-order chi connectivity index (χ0) is 13.2. The summed E-state index contributed by atoms with van der Waals surface area (Å²) in [4.78, 5) is 14.7. The summed E-state index contributed by atoms with van der Waals surface area (Å²) in [6.45, 7) is 0. The molecule has 2 aromatic rings. The summed E-state index contributed by atoms with van der Waals surface area (Å²) in [5.41, 5.74) is 2.11. The Morgan fingerprint density at radius 1 is 1.28 bits per heavy atom. The Bertz CT molecular complexity index is 645. The summed E-state index contributed by atoms with van der Waals surface area (Å²) in [7, 11) is -3.47. The van der Waals surface area contributed by atoms with Crippen molar-refractivity contribution in [2.45, 2.75) is 10.6 Å². The first kappa shape index (κ1) is 12.7. The monoisotopic (exact) mass is 283 g/mol. The molecule has 0 atom stereocenters. The Hall–Kier alpha value is -1.73. The van der Waals surface area contributed by atoms with Crippen LogP contribution in [0.15, 0.2) is 40.1 Å². The third-order valence-electron chi connectivity index (χ3n) is 2.28. The zero-order valence-electron chi connectivity index (χ0n) is 9.11. The highest BCUT2D eigenvalue weighted by molar-refractivity contribution is 7.90. The van der Waals surface area contributed by atoms with E-state index in [-0.39, 0.29) is 16.2 Å². The summed E-state index contributed by atoms with van der Waals surface area (Å²) >= 11 is 1.33. The third-order valence-corrected chi connectivity index (χ3v) is 4.58. The van der Waals surface area contributed by atoms with Crippen molar-refractivity contribution in [3.05, 3.63) is 46.4 Å². The number of hydrogen-bond acceptors (Lipinski definition) is 5. The molecule has 1 aromatic carbocycles. The summed E-state index contributed by atoms with van der Waals surface area (Å²) in [5, 5.41) is 10.4. The zero-order valence-corrected chi connectivity index (χ0v) is 10.7. The van der Waals surface area contributed by atoms with E-state index in [2.05, 4.69) is 4.98 Å². The molecule has 0 unspecified atom stereocenters. The molecule has 0 radical (unpaired) electrons. The van der Waals surface area contributed by atoms with Gasteiger partial charge in [-0.05, 0) is 24.3 Å². The van der Waals surface area contributed by atoms with Crippen molar-refractivity contribution in [3.63, 3.8) is 0 Å². The molecule has 94 valence electrons. The van der Waals surface area contributed by atoms with Gasteiger partial charge in [-0.2, -0.15) is 0 Å². The van der Waals surface area contributed by atoms with Gasteiger partial charge in [0.2, 0.25) is 0 Å². The molecule has 18 heavy (non-hydrogen) atoms. The van der Waals surface area contributed by atoms with Crippen LogP contribution in [0.2, 0.25) is 0 Å². The van der Waals surface area contributed by atoms with Gasteiger partial charge in [-0.25, -0.2) is 18.2 Å². The second-order valence-corrected chi connectivity index (χ2v) is 6.28. The van der Waals surface area contributed by atoms with Gasteiger partial charge in [-0.1, -0.05) is 0 Å². The summed E-state index contributed by atoms with van der Waals surface area (Å²) in [6, 6.07) is 5.14. The molecule has 1 heterocycles. The number of aromatic carboxylic acids is 1.